The molecule has 3 N–H and O–H groups in total. The van der Waals surface area contributed by atoms with Crippen LogP contribution >= 0.6 is 7.82 Å². The number of phosphoric acid groups is 1. The van der Waals surface area contributed by atoms with E-state index in [0.29, 0.717) is 0 Å². The molecule has 0 aromatic rings. The second-order valence-electron chi connectivity index (χ2n) is 0.513. The van der Waals surface area contributed by atoms with E-state index in [0.717, 1.165) is 0 Å². The van der Waals surface area contributed by atoms with Crippen LogP contribution in [0.5, 0.6) is 0 Å². The number of hydrogen-bond acceptors (Lipinski definition) is 1. The summed E-state index contributed by atoms with van der Waals surface area (Å²) in [4.78, 5) is 21.6. The third-order valence-electron chi connectivity index (χ3n) is 0. The first-order valence-electron chi connectivity index (χ1n) is 0.783. The summed E-state index contributed by atoms with van der Waals surface area (Å²) in [5.74, 6) is 0. The summed E-state index contributed by atoms with van der Waals surface area (Å²) >= 11 is 0. The standard InChI is InChI=1S/Li.H3O4P.Ti.Y.H/c;1-5(2,3)4;;;/h;(H3,1,2,3,4);;;. The van der Waals surface area contributed by atoms with Crippen molar-refractivity contribution in [1.29, 1.82) is 0 Å². The summed E-state index contributed by atoms with van der Waals surface area (Å²) in [6, 6.07) is 0. The summed E-state index contributed by atoms with van der Waals surface area (Å²) in [6.45, 7) is 0. The topological polar surface area (TPSA) is 77.8 Å². The maximum atomic E-state index is 8.88. The van der Waals surface area contributed by atoms with Gasteiger partial charge in [0.05, 0.1) is 0 Å². The molecule has 8 heavy (non-hydrogen) atoms. The molecule has 0 aliphatic carbocycles. The van der Waals surface area contributed by atoms with Crippen molar-refractivity contribution in [3.63, 3.8) is 0 Å². The largest absolute Gasteiger partial charge is 0 e. The van der Waals surface area contributed by atoms with E-state index in [1.807, 2.05) is 0 Å². The molecule has 0 fully saturated rings. The SMILES string of the molecule is O=P(O)(O)O.[LiH].[Ti].[Y]. The monoisotopic (exact) mass is 243 g/mol. The molecule has 0 amide bonds. The van der Waals surface area contributed by atoms with Gasteiger partial charge in [0.25, 0.3) is 0 Å². The van der Waals surface area contributed by atoms with Crippen LogP contribution in [0.3, 0.4) is 0 Å². The van der Waals surface area contributed by atoms with Gasteiger partial charge >= 0.3 is 26.7 Å². The van der Waals surface area contributed by atoms with Gasteiger partial charge in [-0.1, -0.05) is 0 Å². The molecule has 0 aromatic heterocycles. The fourth-order valence-corrected chi connectivity index (χ4v) is 0. The second kappa shape index (κ2) is 9.53. The van der Waals surface area contributed by atoms with Crippen LogP contribution in [0.1, 0.15) is 0 Å². The second-order valence-corrected chi connectivity index (χ2v) is 1.54. The van der Waals surface area contributed by atoms with E-state index < -0.39 is 7.82 Å². The van der Waals surface area contributed by atoms with Crippen molar-refractivity contribution in [2.75, 3.05) is 0 Å². The van der Waals surface area contributed by atoms with E-state index in [-0.39, 0.29) is 73.3 Å². The number of rotatable bonds is 0. The van der Waals surface area contributed by atoms with E-state index in [4.69, 9.17) is 19.2 Å². The predicted molar refractivity (Wildman–Crippen MR) is 21.4 cm³/mol. The van der Waals surface area contributed by atoms with Gasteiger partial charge in [0, 0.05) is 54.4 Å². The Morgan fingerprint density at radius 2 is 1.12 bits per heavy atom. The smallest absolute Gasteiger partial charge is 0 e. The third-order valence-corrected chi connectivity index (χ3v) is 0. The zero-order chi connectivity index (χ0) is 4.50. The van der Waals surface area contributed by atoms with Crippen molar-refractivity contribution < 1.29 is 73.7 Å². The zero-order valence-corrected chi connectivity index (χ0v) is 8.57. The van der Waals surface area contributed by atoms with Crippen molar-refractivity contribution in [2.45, 2.75) is 0 Å². The predicted octanol–water partition coefficient (Wildman–Crippen LogP) is -1.58. The van der Waals surface area contributed by atoms with Crippen LogP contribution < -0.4 is 0 Å². The fourth-order valence-electron chi connectivity index (χ4n) is 0. The van der Waals surface area contributed by atoms with E-state index in [1.165, 1.54) is 0 Å². The molecule has 0 rings (SSSR count). The van der Waals surface area contributed by atoms with Gasteiger partial charge in [-0.05, 0) is 0 Å². The molecule has 41 valence electrons. The Hall–Kier alpha value is 2.53. The Kier molecular flexibility index (Phi) is 26.7. The van der Waals surface area contributed by atoms with Crippen molar-refractivity contribution >= 4 is 26.7 Å². The first kappa shape index (κ1) is 22.4. The van der Waals surface area contributed by atoms with Crippen LogP contribution in [0.4, 0.5) is 0 Å². The minimum atomic E-state index is -4.64. The Balaban J connectivity index is -0.0000000267. The van der Waals surface area contributed by atoms with Crippen molar-refractivity contribution in [3.05, 3.63) is 0 Å². The maximum Gasteiger partial charge on any atom is 0 e. The normalized spacial score (nSPS) is 7.38. The Labute approximate surface area is 99.0 Å². The van der Waals surface area contributed by atoms with Crippen molar-refractivity contribution in [3.8, 4) is 0 Å². The molecular weight excluding hydrogens is 239 g/mol. The van der Waals surface area contributed by atoms with E-state index in [9.17, 15) is 0 Å². The number of hydrogen-bond donors (Lipinski definition) is 3. The molecule has 0 bridgehead atoms. The average molecular weight is 243 g/mol. The molecule has 0 spiro atoms. The molecule has 0 saturated carbocycles. The summed E-state index contributed by atoms with van der Waals surface area (Å²) in [5, 5.41) is 0. The minimum absolute atomic E-state index is 0. The molecule has 0 atom stereocenters. The molecule has 0 aliphatic heterocycles. The molecule has 1 radical (unpaired) electrons. The molecule has 0 unspecified atom stereocenters. The molecular formula is H4LiO4PTiY. The van der Waals surface area contributed by atoms with E-state index in [1.54, 1.807) is 0 Å². The summed E-state index contributed by atoms with van der Waals surface area (Å²) in [5.41, 5.74) is 0. The van der Waals surface area contributed by atoms with Gasteiger partial charge in [-0.2, -0.15) is 0 Å². The Bertz CT molecular complexity index is 62.2. The van der Waals surface area contributed by atoms with E-state index in [2.05, 4.69) is 0 Å². The van der Waals surface area contributed by atoms with Gasteiger partial charge in [0.15, 0.2) is 0 Å². The summed E-state index contributed by atoms with van der Waals surface area (Å²) in [7, 11) is -4.64. The fraction of sp³-hybridized carbons (Fsp3) is 0. The summed E-state index contributed by atoms with van der Waals surface area (Å²) in [6.07, 6.45) is 0. The average Bonchev–Trinajstić information content (AvgIpc) is 0.722. The van der Waals surface area contributed by atoms with Crippen molar-refractivity contribution in [2.24, 2.45) is 0 Å². The molecule has 0 aliphatic rings. The maximum absolute atomic E-state index is 8.88. The molecule has 0 heterocycles. The van der Waals surface area contributed by atoms with Gasteiger partial charge < -0.3 is 14.7 Å². The van der Waals surface area contributed by atoms with Gasteiger partial charge in [0.2, 0.25) is 0 Å². The van der Waals surface area contributed by atoms with Gasteiger partial charge in [0.1, 0.15) is 0 Å². The van der Waals surface area contributed by atoms with Crippen LogP contribution in [0.15, 0.2) is 0 Å². The molecule has 4 nitrogen and oxygen atoms in total. The van der Waals surface area contributed by atoms with Crippen LogP contribution in [0.25, 0.3) is 0 Å². The van der Waals surface area contributed by atoms with E-state index >= 15 is 0 Å². The first-order valence-corrected chi connectivity index (χ1v) is 2.35. The minimum Gasteiger partial charge on any atom is 0 e. The Morgan fingerprint density at radius 3 is 1.12 bits per heavy atom. The van der Waals surface area contributed by atoms with Crippen LogP contribution in [0, 0.1) is 0 Å². The quantitative estimate of drug-likeness (QED) is 0.354. The van der Waals surface area contributed by atoms with Gasteiger partial charge in [-0.3, -0.25) is 0 Å². The molecule has 0 saturated heterocycles. The zero-order valence-electron chi connectivity index (χ0n) is 3.27. The third kappa shape index (κ3) is 75.7. The van der Waals surface area contributed by atoms with Crippen molar-refractivity contribution in [1.82, 2.24) is 0 Å². The first-order chi connectivity index (χ1) is 2.00. The van der Waals surface area contributed by atoms with Crippen LogP contribution in [-0.4, -0.2) is 33.5 Å². The Morgan fingerprint density at radius 1 is 1.12 bits per heavy atom. The molecule has 8 heteroatoms. The van der Waals surface area contributed by atoms with Crippen LogP contribution in [0.2, 0.25) is 0 Å². The summed E-state index contributed by atoms with van der Waals surface area (Å²) < 4.78 is 8.88. The van der Waals surface area contributed by atoms with Gasteiger partial charge in [-0.25, -0.2) is 4.57 Å². The van der Waals surface area contributed by atoms with Gasteiger partial charge in [-0.15, -0.1) is 0 Å². The van der Waals surface area contributed by atoms with Crippen LogP contribution in [-0.2, 0) is 59.0 Å². The molecule has 0 aromatic carbocycles.